The first kappa shape index (κ1) is 18.4. The van der Waals surface area contributed by atoms with Gasteiger partial charge in [0.1, 0.15) is 5.71 Å². The van der Waals surface area contributed by atoms with Gasteiger partial charge in [-0.25, -0.2) is 9.97 Å². The highest BCUT2D eigenvalue weighted by molar-refractivity contribution is 7.09. The maximum atomic E-state index is 13.5. The van der Waals surface area contributed by atoms with E-state index < -0.39 is 6.55 Å². The molecule has 2 aromatic heterocycles. The van der Waals surface area contributed by atoms with Crippen LogP contribution in [0.2, 0.25) is 0 Å². The van der Waals surface area contributed by atoms with E-state index in [0.717, 1.165) is 15.3 Å². The molecular weight excluding hydrogens is 358 g/mol. The molecule has 0 saturated heterocycles. The van der Waals surface area contributed by atoms with E-state index in [1.165, 1.54) is 0 Å². The zero-order valence-corrected chi connectivity index (χ0v) is 15.8. The van der Waals surface area contributed by atoms with Gasteiger partial charge < -0.3 is 4.84 Å². The molecule has 2 heterocycles. The Balaban J connectivity index is 1.79. The summed E-state index contributed by atoms with van der Waals surface area (Å²) in [6, 6.07) is 6.75. The number of benzene rings is 1. The molecule has 26 heavy (non-hydrogen) atoms. The van der Waals surface area contributed by atoms with E-state index in [-0.39, 0.29) is 23.6 Å². The van der Waals surface area contributed by atoms with Gasteiger partial charge in [0.15, 0.2) is 12.4 Å². The van der Waals surface area contributed by atoms with Crippen molar-refractivity contribution in [2.45, 2.75) is 46.3 Å². The topological polar surface area (TPSA) is 52.3 Å². The molecule has 5 nitrogen and oxygen atoms in total. The van der Waals surface area contributed by atoms with Crippen molar-refractivity contribution in [2.24, 2.45) is 5.16 Å². The molecule has 0 aliphatic heterocycles. The summed E-state index contributed by atoms with van der Waals surface area (Å²) in [6.45, 7) is 5.34. The molecule has 0 N–H and O–H groups in total. The van der Waals surface area contributed by atoms with Crippen molar-refractivity contribution >= 4 is 28.1 Å². The first-order chi connectivity index (χ1) is 12.3. The SMILES string of the molecule is C/C(=N/OCc1csc(C(C)(C)C)n1)c1nc2ccccc2n1C(F)F. The lowest BCUT2D eigenvalue weighted by molar-refractivity contribution is 0.0735. The lowest BCUT2D eigenvalue weighted by Gasteiger charge is -2.13. The van der Waals surface area contributed by atoms with Crippen LogP contribution in [0.15, 0.2) is 34.8 Å². The number of nitrogens with zero attached hydrogens (tertiary/aromatic N) is 4. The van der Waals surface area contributed by atoms with Crippen molar-refractivity contribution in [3.8, 4) is 0 Å². The van der Waals surface area contributed by atoms with Crippen LogP contribution < -0.4 is 0 Å². The van der Waals surface area contributed by atoms with Crippen LogP contribution in [0.4, 0.5) is 8.78 Å². The van der Waals surface area contributed by atoms with Crippen LogP contribution >= 0.6 is 11.3 Å². The van der Waals surface area contributed by atoms with Crippen molar-refractivity contribution in [2.75, 3.05) is 0 Å². The van der Waals surface area contributed by atoms with Gasteiger partial charge >= 0.3 is 6.55 Å². The van der Waals surface area contributed by atoms with Crippen LogP contribution in [0.25, 0.3) is 11.0 Å². The molecule has 0 atom stereocenters. The number of hydrogen-bond acceptors (Lipinski definition) is 5. The Morgan fingerprint density at radius 3 is 2.65 bits per heavy atom. The average Bonchev–Trinajstić information content (AvgIpc) is 3.18. The second-order valence-corrected chi connectivity index (χ2v) is 7.77. The molecule has 1 aromatic carbocycles. The Hall–Kier alpha value is -2.35. The highest BCUT2D eigenvalue weighted by Crippen LogP contribution is 2.26. The Labute approximate surface area is 154 Å². The number of aromatic nitrogens is 3. The minimum Gasteiger partial charge on any atom is -0.389 e. The van der Waals surface area contributed by atoms with Crippen LogP contribution in [0, 0.1) is 0 Å². The van der Waals surface area contributed by atoms with Gasteiger partial charge in [0.05, 0.1) is 21.7 Å². The fraction of sp³-hybridized carbons (Fsp3) is 0.389. The second kappa shape index (κ2) is 7.11. The standard InChI is InChI=1S/C18H20F2N4OS/c1-11(23-25-9-12-10-26-16(21-12)18(2,3)4)15-22-13-7-5-6-8-14(13)24(15)17(19)20/h5-8,10,17H,9H2,1-4H3/b23-11-. The van der Waals surface area contributed by atoms with E-state index in [2.05, 4.69) is 35.9 Å². The molecule has 138 valence electrons. The molecular formula is C18H20F2N4OS. The van der Waals surface area contributed by atoms with Gasteiger partial charge in [-0.05, 0) is 19.1 Å². The Bertz CT molecular complexity index is 940. The highest BCUT2D eigenvalue weighted by atomic mass is 32.1. The van der Waals surface area contributed by atoms with Gasteiger partial charge in [-0.15, -0.1) is 11.3 Å². The first-order valence-corrected chi connectivity index (χ1v) is 9.02. The van der Waals surface area contributed by atoms with E-state index in [1.807, 2.05) is 5.38 Å². The van der Waals surface area contributed by atoms with Gasteiger partial charge in [-0.1, -0.05) is 38.1 Å². The van der Waals surface area contributed by atoms with Gasteiger partial charge in [-0.3, -0.25) is 4.57 Å². The minimum atomic E-state index is -2.71. The number of hydrogen-bond donors (Lipinski definition) is 0. The zero-order valence-electron chi connectivity index (χ0n) is 15.0. The number of fused-ring (bicyclic) bond motifs is 1. The minimum absolute atomic E-state index is 0.0236. The molecule has 8 heteroatoms. The Morgan fingerprint density at radius 1 is 1.27 bits per heavy atom. The van der Waals surface area contributed by atoms with E-state index in [0.29, 0.717) is 11.0 Å². The first-order valence-electron chi connectivity index (χ1n) is 8.14. The third kappa shape index (κ3) is 3.75. The van der Waals surface area contributed by atoms with Crippen molar-refractivity contribution in [1.82, 2.24) is 14.5 Å². The molecule has 0 saturated carbocycles. The largest absolute Gasteiger partial charge is 0.389 e. The second-order valence-electron chi connectivity index (χ2n) is 6.92. The summed E-state index contributed by atoms with van der Waals surface area (Å²) >= 11 is 1.57. The Morgan fingerprint density at radius 2 is 2.00 bits per heavy atom. The lowest BCUT2D eigenvalue weighted by atomic mass is 9.98. The third-order valence-electron chi connectivity index (χ3n) is 3.72. The molecule has 0 aliphatic carbocycles. The van der Waals surface area contributed by atoms with Crippen molar-refractivity contribution in [3.05, 3.63) is 46.2 Å². The lowest BCUT2D eigenvalue weighted by Crippen LogP contribution is -2.11. The van der Waals surface area contributed by atoms with Crippen LogP contribution in [0.3, 0.4) is 0 Å². The molecule has 3 rings (SSSR count). The van der Waals surface area contributed by atoms with Crippen LogP contribution in [0.5, 0.6) is 0 Å². The number of para-hydroxylation sites is 2. The van der Waals surface area contributed by atoms with E-state index in [1.54, 1.807) is 42.5 Å². The summed E-state index contributed by atoms with van der Waals surface area (Å²) in [6.07, 6.45) is 0. The van der Waals surface area contributed by atoms with Crippen LogP contribution in [-0.4, -0.2) is 20.2 Å². The number of imidazole rings is 1. The molecule has 3 aromatic rings. The molecule has 0 spiro atoms. The van der Waals surface area contributed by atoms with Gasteiger partial charge in [0.2, 0.25) is 0 Å². The Kier molecular flexibility index (Phi) is 5.04. The van der Waals surface area contributed by atoms with Crippen molar-refractivity contribution in [3.63, 3.8) is 0 Å². The number of alkyl halides is 2. The van der Waals surface area contributed by atoms with E-state index >= 15 is 0 Å². The molecule has 0 amide bonds. The van der Waals surface area contributed by atoms with Gasteiger partial charge in [0.25, 0.3) is 0 Å². The maximum absolute atomic E-state index is 13.5. The molecule has 0 radical (unpaired) electrons. The number of oxime groups is 1. The predicted octanol–water partition coefficient (Wildman–Crippen LogP) is 5.13. The van der Waals surface area contributed by atoms with Gasteiger partial charge in [-0.2, -0.15) is 8.78 Å². The summed E-state index contributed by atoms with van der Waals surface area (Å²) in [5, 5.41) is 6.89. The number of halogens is 2. The number of thiazole rings is 1. The van der Waals surface area contributed by atoms with Crippen molar-refractivity contribution < 1.29 is 13.6 Å². The smallest absolute Gasteiger partial charge is 0.320 e. The number of rotatable bonds is 5. The fourth-order valence-corrected chi connectivity index (χ4v) is 3.34. The van der Waals surface area contributed by atoms with Crippen molar-refractivity contribution in [1.29, 1.82) is 0 Å². The summed E-state index contributed by atoms with van der Waals surface area (Å²) in [4.78, 5) is 14.1. The van der Waals surface area contributed by atoms with E-state index in [4.69, 9.17) is 4.84 Å². The molecule has 0 unspecified atom stereocenters. The van der Waals surface area contributed by atoms with Crippen LogP contribution in [-0.2, 0) is 16.9 Å². The molecule has 0 aliphatic rings. The molecule has 0 fully saturated rings. The average molecular weight is 378 g/mol. The summed E-state index contributed by atoms with van der Waals surface area (Å²) in [5.74, 6) is 0.0925. The molecule has 0 bridgehead atoms. The maximum Gasteiger partial charge on any atom is 0.320 e. The van der Waals surface area contributed by atoms with E-state index in [9.17, 15) is 8.78 Å². The quantitative estimate of drug-likeness (QED) is 0.457. The normalized spacial score (nSPS) is 13.0. The highest BCUT2D eigenvalue weighted by Gasteiger charge is 2.20. The summed E-state index contributed by atoms with van der Waals surface area (Å²) < 4.78 is 27.8. The third-order valence-corrected chi connectivity index (χ3v) is 5.04. The van der Waals surface area contributed by atoms with Crippen LogP contribution in [0.1, 0.15) is 50.8 Å². The fourth-order valence-electron chi connectivity index (χ4n) is 2.45. The summed E-state index contributed by atoms with van der Waals surface area (Å²) in [7, 11) is 0. The van der Waals surface area contributed by atoms with Gasteiger partial charge in [0, 0.05) is 10.8 Å². The predicted molar refractivity (Wildman–Crippen MR) is 98.8 cm³/mol. The zero-order chi connectivity index (χ0) is 18.9. The summed E-state index contributed by atoms with van der Waals surface area (Å²) in [5.41, 5.74) is 1.88. The monoisotopic (exact) mass is 378 g/mol.